The summed E-state index contributed by atoms with van der Waals surface area (Å²) in [5.41, 5.74) is 0. The molecule has 2 aliphatic rings. The summed E-state index contributed by atoms with van der Waals surface area (Å²) >= 11 is 0. The molecule has 0 aromatic heterocycles. The molecule has 2 aliphatic heterocycles. The molecular formula is C13H22O3. The maximum Gasteiger partial charge on any atom is 0.187 e. The van der Waals surface area contributed by atoms with Crippen LogP contribution in [0.3, 0.4) is 0 Å². The van der Waals surface area contributed by atoms with Crippen molar-refractivity contribution in [2.45, 2.75) is 58.4 Å². The Hall–Kier alpha value is -0.380. The van der Waals surface area contributed by atoms with E-state index in [1.807, 2.05) is 19.9 Å². The van der Waals surface area contributed by atoms with Gasteiger partial charge in [-0.25, -0.2) is 0 Å². The lowest BCUT2D eigenvalue weighted by Gasteiger charge is -2.26. The molecule has 0 aliphatic carbocycles. The van der Waals surface area contributed by atoms with E-state index in [9.17, 15) is 0 Å². The highest BCUT2D eigenvalue weighted by molar-refractivity contribution is 4.93. The monoisotopic (exact) mass is 226 g/mol. The molecular weight excluding hydrogens is 204 g/mol. The second-order valence-corrected chi connectivity index (χ2v) is 5.43. The molecule has 2 rings (SSSR count). The van der Waals surface area contributed by atoms with Gasteiger partial charge in [0.1, 0.15) is 6.10 Å². The van der Waals surface area contributed by atoms with Gasteiger partial charge in [-0.3, -0.25) is 0 Å². The Morgan fingerprint density at radius 1 is 1.38 bits per heavy atom. The molecule has 0 spiro atoms. The van der Waals surface area contributed by atoms with E-state index >= 15 is 0 Å². The molecule has 2 saturated heterocycles. The van der Waals surface area contributed by atoms with E-state index < -0.39 is 5.79 Å². The number of rotatable bonds is 3. The zero-order valence-corrected chi connectivity index (χ0v) is 10.6. The summed E-state index contributed by atoms with van der Waals surface area (Å²) in [6.45, 7) is 12.0. The third kappa shape index (κ3) is 2.04. The lowest BCUT2D eigenvalue weighted by atomic mass is 9.90. The number of allylic oxidation sites excluding steroid dienone is 1. The Morgan fingerprint density at radius 3 is 2.62 bits per heavy atom. The van der Waals surface area contributed by atoms with Crippen LogP contribution < -0.4 is 0 Å². The van der Waals surface area contributed by atoms with Crippen molar-refractivity contribution in [1.82, 2.24) is 0 Å². The number of hydrogen-bond acceptors (Lipinski definition) is 3. The second-order valence-electron chi connectivity index (χ2n) is 5.43. The van der Waals surface area contributed by atoms with Crippen molar-refractivity contribution >= 4 is 0 Å². The van der Waals surface area contributed by atoms with Gasteiger partial charge in [0.15, 0.2) is 12.1 Å². The molecule has 0 unspecified atom stereocenters. The van der Waals surface area contributed by atoms with E-state index in [1.54, 1.807) is 0 Å². The molecule has 0 N–H and O–H groups in total. The summed E-state index contributed by atoms with van der Waals surface area (Å²) < 4.78 is 17.6. The van der Waals surface area contributed by atoms with Gasteiger partial charge >= 0.3 is 0 Å². The third-order valence-corrected chi connectivity index (χ3v) is 3.52. The van der Waals surface area contributed by atoms with Crippen molar-refractivity contribution in [3.8, 4) is 0 Å². The molecule has 3 nitrogen and oxygen atoms in total. The van der Waals surface area contributed by atoms with Gasteiger partial charge in [0.05, 0.1) is 6.10 Å². The smallest absolute Gasteiger partial charge is 0.187 e. The van der Waals surface area contributed by atoms with Crippen molar-refractivity contribution < 1.29 is 14.2 Å². The van der Waals surface area contributed by atoms with Gasteiger partial charge in [-0.2, -0.15) is 0 Å². The first-order valence-corrected chi connectivity index (χ1v) is 6.06. The lowest BCUT2D eigenvalue weighted by Crippen LogP contribution is -2.31. The predicted molar refractivity (Wildman–Crippen MR) is 61.8 cm³/mol. The quantitative estimate of drug-likeness (QED) is 0.692. The third-order valence-electron chi connectivity index (χ3n) is 3.52. The van der Waals surface area contributed by atoms with Gasteiger partial charge < -0.3 is 14.2 Å². The van der Waals surface area contributed by atoms with Gasteiger partial charge in [0, 0.05) is 5.92 Å². The largest absolute Gasteiger partial charge is 0.346 e. The molecule has 16 heavy (non-hydrogen) atoms. The molecule has 5 atom stereocenters. The highest BCUT2D eigenvalue weighted by Gasteiger charge is 2.53. The highest BCUT2D eigenvalue weighted by Crippen LogP contribution is 2.42. The van der Waals surface area contributed by atoms with Crippen molar-refractivity contribution in [3.63, 3.8) is 0 Å². The van der Waals surface area contributed by atoms with Crippen LogP contribution in [0.25, 0.3) is 0 Å². The number of hydrogen-bond donors (Lipinski definition) is 0. The van der Waals surface area contributed by atoms with Crippen LogP contribution in [0.5, 0.6) is 0 Å². The van der Waals surface area contributed by atoms with E-state index in [0.29, 0.717) is 11.8 Å². The molecule has 92 valence electrons. The van der Waals surface area contributed by atoms with Gasteiger partial charge in [0.25, 0.3) is 0 Å². The summed E-state index contributed by atoms with van der Waals surface area (Å²) in [6, 6.07) is 0. The van der Waals surface area contributed by atoms with E-state index in [0.717, 1.165) is 6.42 Å². The van der Waals surface area contributed by atoms with Crippen molar-refractivity contribution in [2.75, 3.05) is 0 Å². The lowest BCUT2D eigenvalue weighted by molar-refractivity contribution is -0.214. The van der Waals surface area contributed by atoms with Crippen LogP contribution in [0.2, 0.25) is 0 Å². The standard InChI is InChI=1S/C13H22O3/c1-6-7-8(2)10-9(3)11-12(14-10)16-13(4,5)15-11/h6,8-12H,1,7H2,2-5H3/t8-,9+,10+,11-,12-/m1/s1. The van der Waals surface area contributed by atoms with E-state index in [2.05, 4.69) is 20.4 Å². The first kappa shape index (κ1) is 12.1. The van der Waals surface area contributed by atoms with Gasteiger partial charge in [-0.1, -0.05) is 19.9 Å². The molecule has 0 radical (unpaired) electrons. The van der Waals surface area contributed by atoms with E-state index in [1.165, 1.54) is 0 Å². The SMILES string of the molecule is C=CC[C@@H](C)[C@@H]1O[C@@H]2OC(C)(C)O[C@@H]2[C@H]1C. The molecule has 0 aromatic carbocycles. The van der Waals surface area contributed by atoms with Crippen LogP contribution >= 0.6 is 0 Å². The number of fused-ring (bicyclic) bond motifs is 1. The van der Waals surface area contributed by atoms with E-state index in [-0.39, 0.29) is 18.5 Å². The number of ether oxygens (including phenoxy) is 3. The van der Waals surface area contributed by atoms with E-state index in [4.69, 9.17) is 14.2 Å². The average molecular weight is 226 g/mol. The zero-order chi connectivity index (χ0) is 11.9. The molecule has 0 saturated carbocycles. The van der Waals surface area contributed by atoms with Gasteiger partial charge in [-0.05, 0) is 26.2 Å². The molecule has 3 heteroatoms. The molecule has 0 bridgehead atoms. The minimum atomic E-state index is -0.504. The first-order chi connectivity index (χ1) is 7.44. The molecule has 0 aromatic rings. The van der Waals surface area contributed by atoms with Crippen LogP contribution in [0, 0.1) is 11.8 Å². The van der Waals surface area contributed by atoms with Crippen LogP contribution in [-0.4, -0.2) is 24.3 Å². The van der Waals surface area contributed by atoms with Crippen LogP contribution in [0.4, 0.5) is 0 Å². The Balaban J connectivity index is 2.02. The molecule has 2 fully saturated rings. The fourth-order valence-electron chi connectivity index (χ4n) is 2.73. The fourth-order valence-corrected chi connectivity index (χ4v) is 2.73. The first-order valence-electron chi connectivity index (χ1n) is 6.06. The Kier molecular flexibility index (Phi) is 3.12. The van der Waals surface area contributed by atoms with Crippen molar-refractivity contribution in [3.05, 3.63) is 12.7 Å². The summed E-state index contributed by atoms with van der Waals surface area (Å²) in [4.78, 5) is 0. The summed E-state index contributed by atoms with van der Waals surface area (Å²) in [7, 11) is 0. The Morgan fingerprint density at radius 2 is 2.06 bits per heavy atom. The van der Waals surface area contributed by atoms with Crippen LogP contribution in [0.1, 0.15) is 34.1 Å². The summed E-state index contributed by atoms with van der Waals surface area (Å²) in [5, 5.41) is 0. The van der Waals surface area contributed by atoms with Crippen molar-refractivity contribution in [2.24, 2.45) is 11.8 Å². The normalized spacial score (nSPS) is 43.0. The molecule has 0 amide bonds. The van der Waals surface area contributed by atoms with Crippen LogP contribution in [-0.2, 0) is 14.2 Å². The van der Waals surface area contributed by atoms with Gasteiger partial charge in [-0.15, -0.1) is 6.58 Å². The van der Waals surface area contributed by atoms with Crippen LogP contribution in [0.15, 0.2) is 12.7 Å². The summed E-state index contributed by atoms with van der Waals surface area (Å²) in [5.74, 6) is 0.339. The zero-order valence-electron chi connectivity index (χ0n) is 10.6. The van der Waals surface area contributed by atoms with Crippen molar-refractivity contribution in [1.29, 1.82) is 0 Å². The second kappa shape index (κ2) is 4.13. The fraction of sp³-hybridized carbons (Fsp3) is 0.846. The highest BCUT2D eigenvalue weighted by atomic mass is 16.8. The predicted octanol–water partition coefficient (Wildman–Crippen LogP) is 2.71. The maximum atomic E-state index is 5.95. The minimum Gasteiger partial charge on any atom is -0.346 e. The van der Waals surface area contributed by atoms with Gasteiger partial charge in [0.2, 0.25) is 0 Å². The Bertz CT molecular complexity index is 274. The minimum absolute atomic E-state index is 0.0762. The molecule has 2 heterocycles. The Labute approximate surface area is 97.8 Å². The average Bonchev–Trinajstić information content (AvgIpc) is 2.62. The topological polar surface area (TPSA) is 27.7 Å². The summed E-state index contributed by atoms with van der Waals surface area (Å²) in [6.07, 6.45) is 3.01. The maximum absolute atomic E-state index is 5.95.